The zero-order valence-electron chi connectivity index (χ0n) is 19.6. The van der Waals surface area contributed by atoms with Crippen molar-refractivity contribution in [3.63, 3.8) is 0 Å². The number of carbonyl (C=O) groups excluding carboxylic acids is 2. The number of benzene rings is 2. The molecule has 0 unspecified atom stereocenters. The highest BCUT2D eigenvalue weighted by Crippen LogP contribution is 2.49. The molecule has 0 fully saturated rings. The number of hydrogen-bond donors (Lipinski definition) is 1. The van der Waals surface area contributed by atoms with E-state index in [9.17, 15) is 22.8 Å². The maximum atomic E-state index is 13.8. The lowest BCUT2D eigenvalue weighted by Gasteiger charge is -2.20. The Labute approximate surface area is 209 Å². The van der Waals surface area contributed by atoms with E-state index in [0.29, 0.717) is 22.4 Å². The van der Waals surface area contributed by atoms with Gasteiger partial charge in [0.15, 0.2) is 0 Å². The van der Waals surface area contributed by atoms with Crippen molar-refractivity contribution in [3.8, 4) is 11.1 Å². The van der Waals surface area contributed by atoms with E-state index in [1.807, 2.05) is 0 Å². The number of hydrogen-bond acceptors (Lipinski definition) is 6. The van der Waals surface area contributed by atoms with Gasteiger partial charge in [-0.3, -0.25) is 9.59 Å². The lowest BCUT2D eigenvalue weighted by Crippen LogP contribution is -2.34. The number of halogens is 3. The van der Waals surface area contributed by atoms with Crippen molar-refractivity contribution in [1.29, 1.82) is 0 Å². The predicted octanol–water partition coefficient (Wildman–Crippen LogP) is 5.16. The van der Waals surface area contributed by atoms with Gasteiger partial charge in [0.25, 0.3) is 5.91 Å². The van der Waals surface area contributed by atoms with Crippen molar-refractivity contribution in [2.24, 2.45) is 0 Å². The van der Waals surface area contributed by atoms with E-state index in [0.717, 1.165) is 6.07 Å². The fourth-order valence-electron chi connectivity index (χ4n) is 4.43. The fourth-order valence-corrected chi connectivity index (χ4v) is 4.43. The first-order valence-electron chi connectivity index (χ1n) is 11.1. The number of nitrogens with zero attached hydrogens (tertiary/aromatic N) is 5. The second-order valence-electron chi connectivity index (χ2n) is 8.86. The first-order valence-corrected chi connectivity index (χ1v) is 11.1. The van der Waals surface area contributed by atoms with Crippen molar-refractivity contribution in [2.45, 2.75) is 25.4 Å². The molecule has 3 heterocycles. The lowest BCUT2D eigenvalue weighted by atomic mass is 9.81. The second kappa shape index (κ2) is 8.77. The minimum atomic E-state index is -4.77. The van der Waals surface area contributed by atoms with E-state index in [1.54, 1.807) is 38.1 Å². The maximum Gasteiger partial charge on any atom is 0.417 e. The number of anilines is 3. The van der Waals surface area contributed by atoms with Crippen LogP contribution in [0.15, 0.2) is 73.3 Å². The molecule has 1 aliphatic rings. The van der Waals surface area contributed by atoms with Crippen LogP contribution in [-0.4, -0.2) is 32.0 Å². The highest BCUT2D eigenvalue weighted by molar-refractivity contribution is 6.13. The largest absolute Gasteiger partial charge is 0.417 e. The van der Waals surface area contributed by atoms with Crippen LogP contribution in [0.25, 0.3) is 11.1 Å². The molecule has 11 heteroatoms. The zero-order chi connectivity index (χ0) is 26.4. The smallest absolute Gasteiger partial charge is 0.320 e. The molecular formula is C26H19F3N6O2. The Kier molecular flexibility index (Phi) is 5.70. The molecule has 2 amide bonds. The van der Waals surface area contributed by atoms with Crippen LogP contribution in [0, 0.1) is 0 Å². The molecule has 1 N–H and O–H groups in total. The topological polar surface area (TPSA) is 101 Å². The fraction of sp³-hybridized carbons (Fsp3) is 0.154. The first-order chi connectivity index (χ1) is 17.6. The van der Waals surface area contributed by atoms with E-state index in [-0.39, 0.29) is 17.5 Å². The monoisotopic (exact) mass is 504 g/mol. The van der Waals surface area contributed by atoms with Gasteiger partial charge >= 0.3 is 6.18 Å². The lowest BCUT2D eigenvalue weighted by molar-refractivity contribution is -0.137. The van der Waals surface area contributed by atoms with Crippen LogP contribution in [0.1, 0.15) is 35.3 Å². The Bertz CT molecular complexity index is 1510. The van der Waals surface area contributed by atoms with E-state index in [1.165, 1.54) is 47.9 Å². The average Bonchev–Trinajstić information content (AvgIpc) is 3.09. The Morgan fingerprint density at radius 1 is 0.973 bits per heavy atom. The molecule has 0 saturated carbocycles. The first kappa shape index (κ1) is 24.0. The third kappa shape index (κ3) is 4.18. The Morgan fingerprint density at radius 2 is 1.73 bits per heavy atom. The summed E-state index contributed by atoms with van der Waals surface area (Å²) in [6.45, 7) is 3.46. The van der Waals surface area contributed by atoms with Crippen LogP contribution in [0.4, 0.5) is 30.5 Å². The molecule has 4 aromatic rings. The van der Waals surface area contributed by atoms with Crippen LogP contribution in [0.2, 0.25) is 0 Å². The molecule has 5 rings (SSSR count). The van der Waals surface area contributed by atoms with Gasteiger partial charge in [-0.1, -0.05) is 18.2 Å². The third-order valence-electron chi connectivity index (χ3n) is 6.12. The van der Waals surface area contributed by atoms with Crippen molar-refractivity contribution in [1.82, 2.24) is 20.2 Å². The molecule has 0 atom stereocenters. The molecule has 1 aliphatic heterocycles. The minimum absolute atomic E-state index is 0.190. The summed E-state index contributed by atoms with van der Waals surface area (Å²) in [5.41, 5.74) is -0.516. The number of amides is 2. The van der Waals surface area contributed by atoms with Crippen molar-refractivity contribution in [2.75, 3.05) is 10.2 Å². The molecule has 37 heavy (non-hydrogen) atoms. The molecule has 0 radical (unpaired) electrons. The summed E-state index contributed by atoms with van der Waals surface area (Å²) in [5.74, 6) is -1.05. The van der Waals surface area contributed by atoms with Gasteiger partial charge in [0, 0.05) is 12.4 Å². The average molecular weight is 504 g/mol. The minimum Gasteiger partial charge on any atom is -0.320 e. The molecule has 0 bridgehead atoms. The van der Waals surface area contributed by atoms with Gasteiger partial charge in [-0.25, -0.2) is 14.9 Å². The SMILES string of the molecule is CC1(C)C(=O)N(c2ncccn2)c2cccc(-c3ccc(C(F)(F)F)c(C(=O)Nc4ccnnc4)c3)c21. The number of aromatic nitrogens is 4. The molecule has 8 nitrogen and oxygen atoms in total. The summed E-state index contributed by atoms with van der Waals surface area (Å²) in [6.07, 6.45) is 0.808. The standard InChI is InChI=1S/C26H19F3N6O2/c1-25(2)21-17(5-3-6-20(21)35(23(25)37)24-30-10-4-11-31-24)15-7-8-19(26(27,28)29)18(13-15)22(36)34-16-9-12-32-33-14-16/h3-14H,1-2H3,(H,32,34,36). The summed E-state index contributed by atoms with van der Waals surface area (Å²) in [4.78, 5) is 36.2. The molecule has 186 valence electrons. The number of rotatable bonds is 4. The number of nitrogens with one attached hydrogen (secondary N) is 1. The van der Waals surface area contributed by atoms with Gasteiger partial charge in [0.1, 0.15) is 0 Å². The van der Waals surface area contributed by atoms with E-state index in [2.05, 4.69) is 25.5 Å². The van der Waals surface area contributed by atoms with Gasteiger partial charge < -0.3 is 5.32 Å². The number of alkyl halides is 3. The van der Waals surface area contributed by atoms with Crippen LogP contribution in [-0.2, 0) is 16.4 Å². The molecule has 0 spiro atoms. The number of carbonyl (C=O) groups is 2. The maximum absolute atomic E-state index is 13.8. The van der Waals surface area contributed by atoms with Crippen LogP contribution >= 0.6 is 0 Å². The third-order valence-corrected chi connectivity index (χ3v) is 6.12. The van der Waals surface area contributed by atoms with Crippen molar-refractivity contribution in [3.05, 3.63) is 90.0 Å². The second-order valence-corrected chi connectivity index (χ2v) is 8.86. The van der Waals surface area contributed by atoms with Gasteiger partial charge in [0.05, 0.1) is 40.3 Å². The van der Waals surface area contributed by atoms with Gasteiger partial charge in [-0.15, -0.1) is 0 Å². The molecular weight excluding hydrogens is 485 g/mol. The Hall–Kier alpha value is -4.67. The van der Waals surface area contributed by atoms with E-state index in [4.69, 9.17) is 0 Å². The van der Waals surface area contributed by atoms with Gasteiger partial charge in [-0.05, 0) is 60.9 Å². The van der Waals surface area contributed by atoms with E-state index >= 15 is 0 Å². The molecule has 2 aromatic carbocycles. The molecule has 0 saturated heterocycles. The zero-order valence-corrected chi connectivity index (χ0v) is 19.6. The highest BCUT2D eigenvalue weighted by Gasteiger charge is 2.47. The predicted molar refractivity (Wildman–Crippen MR) is 129 cm³/mol. The summed E-state index contributed by atoms with van der Waals surface area (Å²) in [5, 5.41) is 9.66. The summed E-state index contributed by atoms with van der Waals surface area (Å²) < 4.78 is 41.5. The summed E-state index contributed by atoms with van der Waals surface area (Å²) >= 11 is 0. The summed E-state index contributed by atoms with van der Waals surface area (Å²) in [6, 6.07) is 11.5. The summed E-state index contributed by atoms with van der Waals surface area (Å²) in [7, 11) is 0. The Morgan fingerprint density at radius 3 is 2.41 bits per heavy atom. The quantitative estimate of drug-likeness (QED) is 0.412. The van der Waals surface area contributed by atoms with Crippen LogP contribution < -0.4 is 10.2 Å². The Balaban J connectivity index is 1.66. The normalized spacial score (nSPS) is 14.4. The molecule has 0 aliphatic carbocycles. The van der Waals surface area contributed by atoms with Gasteiger partial charge in [0.2, 0.25) is 11.9 Å². The van der Waals surface area contributed by atoms with Crippen molar-refractivity contribution >= 4 is 29.1 Å². The van der Waals surface area contributed by atoms with Gasteiger partial charge in [-0.2, -0.15) is 23.4 Å². The highest BCUT2D eigenvalue weighted by atomic mass is 19.4. The van der Waals surface area contributed by atoms with Crippen molar-refractivity contribution < 1.29 is 22.8 Å². The van der Waals surface area contributed by atoms with E-state index < -0.39 is 28.6 Å². The van der Waals surface area contributed by atoms with Crippen LogP contribution in [0.3, 0.4) is 0 Å². The molecule has 2 aromatic heterocycles. The number of fused-ring (bicyclic) bond motifs is 1. The van der Waals surface area contributed by atoms with Crippen LogP contribution in [0.5, 0.6) is 0 Å².